The van der Waals surface area contributed by atoms with Gasteiger partial charge in [0.25, 0.3) is 0 Å². The van der Waals surface area contributed by atoms with Gasteiger partial charge in [-0.05, 0) is 42.8 Å². The Labute approximate surface area is 169 Å². The minimum atomic E-state index is -3.66. The van der Waals surface area contributed by atoms with Crippen molar-refractivity contribution in [3.05, 3.63) is 53.1 Å². The summed E-state index contributed by atoms with van der Waals surface area (Å²) in [6.45, 7) is 1.89. The number of aryl methyl sites for hydroxylation is 1. The van der Waals surface area contributed by atoms with Crippen LogP contribution in [0.3, 0.4) is 0 Å². The second-order valence-electron chi connectivity index (χ2n) is 6.50. The number of hydrogen-bond donors (Lipinski definition) is 1. The number of benzene rings is 2. The van der Waals surface area contributed by atoms with Gasteiger partial charge in [-0.25, -0.2) is 8.42 Å². The van der Waals surface area contributed by atoms with Crippen LogP contribution < -0.4 is 19.1 Å². The van der Waals surface area contributed by atoms with Gasteiger partial charge in [0.15, 0.2) is 11.5 Å². The molecule has 150 valence electrons. The number of anilines is 1. The molecule has 2 aromatic rings. The predicted octanol–water partition coefficient (Wildman–Crippen LogP) is 2.37. The van der Waals surface area contributed by atoms with Crippen molar-refractivity contribution in [1.29, 1.82) is 0 Å². The van der Waals surface area contributed by atoms with E-state index in [4.69, 9.17) is 21.1 Å². The summed E-state index contributed by atoms with van der Waals surface area (Å²) in [5.74, 6) is 0.830. The third kappa shape index (κ3) is 4.88. The van der Waals surface area contributed by atoms with Gasteiger partial charge in [-0.3, -0.25) is 9.10 Å². The van der Waals surface area contributed by atoms with Crippen molar-refractivity contribution in [2.24, 2.45) is 0 Å². The fraction of sp³-hybridized carbons (Fsp3) is 0.316. The summed E-state index contributed by atoms with van der Waals surface area (Å²) >= 11 is 5.94. The second-order valence-corrected chi connectivity index (χ2v) is 8.85. The first-order valence-corrected chi connectivity index (χ1v) is 10.9. The molecule has 1 aliphatic heterocycles. The summed E-state index contributed by atoms with van der Waals surface area (Å²) in [5, 5.41) is 3.20. The van der Waals surface area contributed by atoms with Crippen molar-refractivity contribution in [2.75, 3.05) is 30.3 Å². The van der Waals surface area contributed by atoms with Gasteiger partial charge in [0.1, 0.15) is 19.3 Å². The number of nitrogens with one attached hydrogen (secondary N) is 1. The number of hydrogen-bond acceptors (Lipinski definition) is 5. The van der Waals surface area contributed by atoms with Crippen LogP contribution in [0.15, 0.2) is 42.5 Å². The standard InChI is InChI=1S/C19H21ClN2O5S/c1-13-9-14(20)7-8-16(13)22(28(2,24)25)11-19(23)21-10-15-12-26-17-5-3-4-6-18(17)27-15/h3-9,15H,10-12H2,1-2H3,(H,21,23)/t15-/m0/s1. The molecule has 28 heavy (non-hydrogen) atoms. The van der Waals surface area contributed by atoms with E-state index in [2.05, 4.69) is 5.32 Å². The molecule has 2 aromatic carbocycles. The van der Waals surface area contributed by atoms with Crippen molar-refractivity contribution in [2.45, 2.75) is 13.0 Å². The molecule has 1 aliphatic rings. The molecule has 0 saturated carbocycles. The smallest absolute Gasteiger partial charge is 0.240 e. The highest BCUT2D eigenvalue weighted by Crippen LogP contribution is 2.30. The maximum absolute atomic E-state index is 12.4. The van der Waals surface area contributed by atoms with E-state index in [9.17, 15) is 13.2 Å². The van der Waals surface area contributed by atoms with Crippen LogP contribution in [-0.2, 0) is 14.8 Å². The summed E-state index contributed by atoms with van der Waals surface area (Å²) < 4.78 is 36.9. The zero-order valence-electron chi connectivity index (χ0n) is 15.5. The molecule has 1 heterocycles. The Hall–Kier alpha value is -2.45. The van der Waals surface area contributed by atoms with E-state index in [0.717, 1.165) is 10.6 Å². The first-order valence-electron chi connectivity index (χ1n) is 8.63. The predicted molar refractivity (Wildman–Crippen MR) is 108 cm³/mol. The second kappa shape index (κ2) is 8.28. The Kier molecular flexibility index (Phi) is 6.00. The van der Waals surface area contributed by atoms with E-state index in [0.29, 0.717) is 34.4 Å². The van der Waals surface area contributed by atoms with E-state index in [-0.39, 0.29) is 19.2 Å². The van der Waals surface area contributed by atoms with Gasteiger partial charge in [-0.2, -0.15) is 0 Å². The zero-order valence-corrected chi connectivity index (χ0v) is 17.1. The van der Waals surface area contributed by atoms with E-state index in [1.165, 1.54) is 0 Å². The fourth-order valence-electron chi connectivity index (χ4n) is 2.86. The molecule has 0 aromatic heterocycles. The van der Waals surface area contributed by atoms with Crippen LogP contribution in [-0.4, -0.2) is 46.4 Å². The van der Waals surface area contributed by atoms with Gasteiger partial charge in [-0.15, -0.1) is 0 Å². The summed E-state index contributed by atoms with van der Waals surface area (Å²) in [7, 11) is -3.66. The normalized spacial score (nSPS) is 15.8. The van der Waals surface area contributed by atoms with Crippen molar-refractivity contribution < 1.29 is 22.7 Å². The van der Waals surface area contributed by atoms with Gasteiger partial charge in [0, 0.05) is 5.02 Å². The summed E-state index contributed by atoms with van der Waals surface area (Å²) in [6.07, 6.45) is 0.700. The third-order valence-corrected chi connectivity index (χ3v) is 5.57. The number of nitrogens with zero attached hydrogens (tertiary/aromatic N) is 1. The average Bonchev–Trinajstić information content (AvgIpc) is 2.64. The van der Waals surface area contributed by atoms with Crippen LogP contribution >= 0.6 is 11.6 Å². The molecule has 0 radical (unpaired) electrons. The average molecular weight is 425 g/mol. The maximum atomic E-state index is 12.4. The first-order chi connectivity index (χ1) is 13.2. The van der Waals surface area contributed by atoms with Gasteiger partial charge in [-0.1, -0.05) is 23.7 Å². The summed E-state index contributed by atoms with van der Waals surface area (Å²) in [4.78, 5) is 12.4. The lowest BCUT2D eigenvalue weighted by Gasteiger charge is -2.27. The Morgan fingerprint density at radius 3 is 2.64 bits per heavy atom. The number of carbonyl (C=O) groups excluding carboxylic acids is 1. The maximum Gasteiger partial charge on any atom is 0.240 e. The molecular formula is C19H21ClN2O5S. The molecule has 0 saturated heterocycles. The Balaban J connectivity index is 1.63. The van der Waals surface area contributed by atoms with E-state index in [1.807, 2.05) is 18.2 Å². The molecule has 1 N–H and O–H groups in total. The van der Waals surface area contributed by atoms with Crippen molar-refractivity contribution in [3.63, 3.8) is 0 Å². The topological polar surface area (TPSA) is 84.9 Å². The molecular weight excluding hydrogens is 404 g/mol. The first kappa shape index (κ1) is 20.3. The number of para-hydroxylation sites is 2. The Morgan fingerprint density at radius 1 is 1.25 bits per heavy atom. The third-order valence-electron chi connectivity index (χ3n) is 4.21. The molecule has 3 rings (SSSR count). The van der Waals surface area contributed by atoms with Gasteiger partial charge in [0.2, 0.25) is 15.9 Å². The Morgan fingerprint density at radius 2 is 1.96 bits per heavy atom. The fourth-order valence-corrected chi connectivity index (χ4v) is 4.00. The highest BCUT2D eigenvalue weighted by Gasteiger charge is 2.24. The zero-order chi connectivity index (χ0) is 20.3. The SMILES string of the molecule is Cc1cc(Cl)ccc1N(CC(=O)NC[C@H]1COc2ccccc2O1)S(C)(=O)=O. The largest absolute Gasteiger partial charge is 0.486 e. The minimum Gasteiger partial charge on any atom is -0.486 e. The number of halogens is 1. The molecule has 0 unspecified atom stereocenters. The van der Waals surface area contributed by atoms with Gasteiger partial charge < -0.3 is 14.8 Å². The minimum absolute atomic E-state index is 0.199. The number of sulfonamides is 1. The van der Waals surface area contributed by atoms with Crippen molar-refractivity contribution >= 4 is 33.2 Å². The molecule has 1 amide bonds. The quantitative estimate of drug-likeness (QED) is 0.769. The lowest BCUT2D eigenvalue weighted by Crippen LogP contribution is -2.45. The number of amides is 1. The number of fused-ring (bicyclic) bond motifs is 1. The molecule has 0 aliphatic carbocycles. The van der Waals surface area contributed by atoms with E-state index in [1.54, 1.807) is 31.2 Å². The summed E-state index contributed by atoms with van der Waals surface area (Å²) in [6, 6.07) is 12.1. The van der Waals surface area contributed by atoms with Crippen LogP contribution in [0.4, 0.5) is 5.69 Å². The monoisotopic (exact) mass is 424 g/mol. The van der Waals surface area contributed by atoms with Crippen LogP contribution in [0.25, 0.3) is 0 Å². The lowest BCUT2D eigenvalue weighted by atomic mass is 10.2. The van der Waals surface area contributed by atoms with Crippen LogP contribution in [0.2, 0.25) is 5.02 Å². The molecule has 0 bridgehead atoms. The molecule has 9 heteroatoms. The lowest BCUT2D eigenvalue weighted by molar-refractivity contribution is -0.120. The number of carbonyl (C=O) groups is 1. The molecule has 7 nitrogen and oxygen atoms in total. The Bertz CT molecular complexity index is 980. The molecule has 1 atom stereocenters. The van der Waals surface area contributed by atoms with Crippen LogP contribution in [0.1, 0.15) is 5.56 Å². The van der Waals surface area contributed by atoms with Crippen LogP contribution in [0, 0.1) is 6.92 Å². The highest BCUT2D eigenvalue weighted by molar-refractivity contribution is 7.92. The summed E-state index contributed by atoms with van der Waals surface area (Å²) in [5.41, 5.74) is 1.07. The van der Waals surface area contributed by atoms with E-state index >= 15 is 0 Å². The number of rotatable bonds is 6. The van der Waals surface area contributed by atoms with Gasteiger partial charge in [0.05, 0.1) is 18.5 Å². The van der Waals surface area contributed by atoms with E-state index < -0.39 is 15.9 Å². The molecule has 0 spiro atoms. The van der Waals surface area contributed by atoms with Crippen molar-refractivity contribution in [1.82, 2.24) is 5.32 Å². The number of ether oxygens (including phenoxy) is 2. The van der Waals surface area contributed by atoms with Crippen LogP contribution in [0.5, 0.6) is 11.5 Å². The molecule has 0 fully saturated rings. The van der Waals surface area contributed by atoms with Gasteiger partial charge >= 0.3 is 0 Å². The highest BCUT2D eigenvalue weighted by atomic mass is 35.5. The van der Waals surface area contributed by atoms with Crippen molar-refractivity contribution in [3.8, 4) is 11.5 Å².